The molecule has 4 aromatic rings. The number of benzene rings is 1. The highest BCUT2D eigenvalue weighted by molar-refractivity contribution is 5.75. The average Bonchev–Trinajstić information content (AvgIpc) is 2.68. The van der Waals surface area contributed by atoms with E-state index in [2.05, 4.69) is 15.5 Å². The van der Waals surface area contributed by atoms with Crippen LogP contribution in [0.5, 0.6) is 0 Å². The minimum Gasteiger partial charge on any atom is -0.284 e. The van der Waals surface area contributed by atoms with E-state index in [9.17, 15) is 9.59 Å². The zero-order chi connectivity index (χ0) is 18.3. The Hall–Kier alpha value is -3.68. The third-order valence-corrected chi connectivity index (χ3v) is 4.21. The van der Waals surface area contributed by atoms with Gasteiger partial charge in [0.2, 0.25) is 0 Å². The predicted octanol–water partition coefficient (Wildman–Crippen LogP) is 0.813. The number of para-hydroxylation sites is 1. The molecule has 1 N–H and O–H groups in total. The van der Waals surface area contributed by atoms with Crippen LogP contribution in [0.3, 0.4) is 0 Å². The van der Waals surface area contributed by atoms with Gasteiger partial charge in [-0.2, -0.15) is 5.10 Å². The van der Waals surface area contributed by atoms with Crippen molar-refractivity contribution in [3.63, 3.8) is 0 Å². The molecule has 8 heteroatoms. The molecule has 4 rings (SSSR count). The number of aromatic nitrogens is 4. The molecule has 0 radical (unpaired) electrons. The van der Waals surface area contributed by atoms with Crippen molar-refractivity contribution in [1.29, 1.82) is 0 Å². The highest BCUT2D eigenvalue weighted by atomic mass is 16.2. The third kappa shape index (κ3) is 2.39. The second-order valence-electron chi connectivity index (χ2n) is 5.86. The quantitative estimate of drug-likeness (QED) is 0.429. The summed E-state index contributed by atoms with van der Waals surface area (Å²) in [5, 5.41) is 4.72. The first kappa shape index (κ1) is 15.8. The van der Waals surface area contributed by atoms with Crippen molar-refractivity contribution in [2.75, 3.05) is 5.43 Å². The van der Waals surface area contributed by atoms with Crippen LogP contribution in [-0.4, -0.2) is 18.5 Å². The van der Waals surface area contributed by atoms with Crippen molar-refractivity contribution < 1.29 is 0 Å². The van der Waals surface area contributed by atoms with Gasteiger partial charge >= 0.3 is 5.69 Å². The lowest BCUT2D eigenvalue weighted by Crippen LogP contribution is -2.40. The van der Waals surface area contributed by atoms with E-state index < -0.39 is 11.2 Å². The molecule has 0 bridgehead atoms. The molecule has 8 nitrogen and oxygen atoms in total. The van der Waals surface area contributed by atoms with Gasteiger partial charge < -0.3 is 0 Å². The van der Waals surface area contributed by atoms with Crippen LogP contribution in [0.25, 0.3) is 16.7 Å². The zero-order valence-electron chi connectivity index (χ0n) is 14.2. The summed E-state index contributed by atoms with van der Waals surface area (Å²) in [4.78, 5) is 29.5. The monoisotopic (exact) mass is 348 g/mol. The summed E-state index contributed by atoms with van der Waals surface area (Å²) < 4.78 is 4.12. The highest BCUT2D eigenvalue weighted by Crippen LogP contribution is 2.06. The first-order valence-electron chi connectivity index (χ1n) is 8.00. The normalized spacial score (nSPS) is 12.0. The maximum atomic E-state index is 12.8. The summed E-state index contributed by atoms with van der Waals surface area (Å²) >= 11 is 0. The first-order valence-corrected chi connectivity index (χ1v) is 8.00. The average molecular weight is 348 g/mol. The van der Waals surface area contributed by atoms with Gasteiger partial charge in [-0.15, -0.1) is 0 Å². The van der Waals surface area contributed by atoms with Crippen molar-refractivity contribution in [3.05, 3.63) is 81.1 Å². The lowest BCUT2D eigenvalue weighted by atomic mass is 10.3. The Morgan fingerprint density at radius 3 is 2.46 bits per heavy atom. The molecule has 0 atom stereocenters. The van der Waals surface area contributed by atoms with Gasteiger partial charge in [0.1, 0.15) is 11.0 Å². The lowest BCUT2D eigenvalue weighted by Gasteiger charge is -2.10. The smallest absolute Gasteiger partial charge is 0.284 e. The molecule has 0 amide bonds. The van der Waals surface area contributed by atoms with Crippen molar-refractivity contribution >= 4 is 22.4 Å². The molecule has 26 heavy (non-hydrogen) atoms. The summed E-state index contributed by atoms with van der Waals surface area (Å²) in [5.74, 6) is 0. The topological polar surface area (TPSA) is 85.7 Å². The van der Waals surface area contributed by atoms with Gasteiger partial charge in [-0.25, -0.2) is 9.78 Å². The van der Waals surface area contributed by atoms with Gasteiger partial charge in [0, 0.05) is 20.3 Å². The van der Waals surface area contributed by atoms with E-state index in [1.807, 2.05) is 42.5 Å². The number of pyridine rings is 1. The maximum absolute atomic E-state index is 12.8. The molecule has 1 aromatic carbocycles. The largest absolute Gasteiger partial charge is 0.332 e. The van der Waals surface area contributed by atoms with Crippen LogP contribution in [0.2, 0.25) is 0 Å². The van der Waals surface area contributed by atoms with Crippen LogP contribution in [-0.2, 0) is 14.1 Å². The molecule has 130 valence electrons. The van der Waals surface area contributed by atoms with E-state index in [0.717, 1.165) is 10.3 Å². The van der Waals surface area contributed by atoms with Gasteiger partial charge in [-0.3, -0.25) is 23.8 Å². The fourth-order valence-corrected chi connectivity index (χ4v) is 2.83. The van der Waals surface area contributed by atoms with Crippen molar-refractivity contribution in [3.8, 4) is 0 Å². The van der Waals surface area contributed by atoms with Crippen molar-refractivity contribution in [1.82, 2.24) is 18.5 Å². The standard InChI is InChI=1S/C18H16N6O2/c1-22-15-14(17(25)23(2)18(22)26)16(21-20-12-8-4-3-5-9-12)24-11-7-6-10-13(24)19-15/h3-11,20H,1-2H3/b21-16-. The summed E-state index contributed by atoms with van der Waals surface area (Å²) in [6, 6.07) is 14.9. The van der Waals surface area contributed by atoms with Crippen LogP contribution in [0.4, 0.5) is 5.69 Å². The van der Waals surface area contributed by atoms with Crippen LogP contribution >= 0.6 is 0 Å². The first-order chi connectivity index (χ1) is 12.6. The van der Waals surface area contributed by atoms with Crippen LogP contribution in [0.15, 0.2) is 69.4 Å². The summed E-state index contributed by atoms with van der Waals surface area (Å²) in [6.45, 7) is 0. The van der Waals surface area contributed by atoms with E-state index in [1.165, 1.54) is 11.6 Å². The SMILES string of the molecule is Cn1c(=O)c2/c(=N/Nc3ccccc3)n3ccccc3nc2n(C)c1=O. The summed E-state index contributed by atoms with van der Waals surface area (Å²) in [5.41, 5.74) is 4.12. The molecule has 0 fully saturated rings. The predicted molar refractivity (Wildman–Crippen MR) is 98.8 cm³/mol. The number of aryl methyl sites for hydroxylation is 1. The Labute approximate surface area is 147 Å². The number of nitrogens with zero attached hydrogens (tertiary/aromatic N) is 5. The number of anilines is 1. The number of fused-ring (bicyclic) bond motifs is 2. The van der Waals surface area contributed by atoms with Gasteiger partial charge in [-0.05, 0) is 24.3 Å². The molecule has 0 aliphatic carbocycles. The van der Waals surface area contributed by atoms with E-state index in [-0.39, 0.29) is 11.0 Å². The Morgan fingerprint density at radius 1 is 0.962 bits per heavy atom. The number of hydrogen-bond donors (Lipinski definition) is 1. The van der Waals surface area contributed by atoms with E-state index >= 15 is 0 Å². The van der Waals surface area contributed by atoms with Gasteiger partial charge in [0.15, 0.2) is 11.1 Å². The van der Waals surface area contributed by atoms with Crippen LogP contribution < -0.4 is 22.2 Å². The number of hydrogen-bond acceptors (Lipinski definition) is 5. The van der Waals surface area contributed by atoms with E-state index in [0.29, 0.717) is 11.1 Å². The minimum absolute atomic E-state index is 0.265. The fraction of sp³-hybridized carbons (Fsp3) is 0.111. The Kier molecular flexibility index (Phi) is 3.65. The van der Waals surface area contributed by atoms with Crippen molar-refractivity contribution in [2.24, 2.45) is 19.2 Å². The molecule has 3 heterocycles. The Balaban J connectivity index is 2.17. The summed E-state index contributed by atoms with van der Waals surface area (Å²) in [7, 11) is 3.03. The highest BCUT2D eigenvalue weighted by Gasteiger charge is 2.14. The van der Waals surface area contributed by atoms with Gasteiger partial charge in [0.25, 0.3) is 5.56 Å². The van der Waals surface area contributed by atoms with E-state index in [4.69, 9.17) is 0 Å². The van der Waals surface area contributed by atoms with Crippen LogP contribution in [0, 0.1) is 0 Å². The van der Waals surface area contributed by atoms with Gasteiger partial charge in [-0.1, -0.05) is 24.3 Å². The fourth-order valence-electron chi connectivity index (χ4n) is 2.83. The maximum Gasteiger partial charge on any atom is 0.332 e. The van der Waals surface area contributed by atoms with Gasteiger partial charge in [0.05, 0.1) is 5.69 Å². The second-order valence-corrected chi connectivity index (χ2v) is 5.86. The van der Waals surface area contributed by atoms with E-state index in [1.54, 1.807) is 23.7 Å². The lowest BCUT2D eigenvalue weighted by molar-refractivity contribution is 0.704. The molecular weight excluding hydrogens is 332 g/mol. The molecule has 0 saturated heterocycles. The van der Waals surface area contributed by atoms with Crippen LogP contribution in [0.1, 0.15) is 0 Å². The van der Waals surface area contributed by atoms with Crippen molar-refractivity contribution in [2.45, 2.75) is 0 Å². The molecule has 0 saturated carbocycles. The second kappa shape index (κ2) is 5.99. The zero-order valence-corrected chi connectivity index (χ0v) is 14.2. The summed E-state index contributed by atoms with van der Waals surface area (Å²) in [6.07, 6.45) is 1.78. The molecular formula is C18H16N6O2. The molecule has 0 aliphatic heterocycles. The molecule has 3 aromatic heterocycles. The number of nitrogens with one attached hydrogen (secondary N) is 1. The number of rotatable bonds is 2. The third-order valence-electron chi connectivity index (χ3n) is 4.21. The minimum atomic E-state index is -0.442. The molecule has 0 unspecified atom stereocenters. The Bertz CT molecular complexity index is 1320. The Morgan fingerprint density at radius 2 is 1.69 bits per heavy atom. The molecule has 0 aliphatic rings. The molecule has 0 spiro atoms.